The molecule has 0 saturated carbocycles. The fraction of sp³-hybridized carbons (Fsp3) is 0.333. The zero-order chi connectivity index (χ0) is 15.2. The molecule has 0 saturated heterocycles. The van der Waals surface area contributed by atoms with Crippen molar-refractivity contribution in [2.45, 2.75) is 32.1 Å². The Balaban J connectivity index is 1.61. The summed E-state index contributed by atoms with van der Waals surface area (Å²) in [6.07, 6.45) is 9.62. The molecule has 4 heteroatoms. The molecule has 1 N–H and O–H groups in total. The molecule has 0 spiro atoms. The van der Waals surface area contributed by atoms with Crippen molar-refractivity contribution >= 4 is 5.91 Å². The van der Waals surface area contributed by atoms with Gasteiger partial charge in [-0.3, -0.25) is 4.79 Å². The third-order valence-corrected chi connectivity index (χ3v) is 3.97. The Morgan fingerprint density at radius 2 is 2.09 bits per heavy atom. The Morgan fingerprint density at radius 3 is 2.86 bits per heavy atom. The predicted molar refractivity (Wildman–Crippen MR) is 85.4 cm³/mol. The molecule has 114 valence electrons. The van der Waals surface area contributed by atoms with Gasteiger partial charge in [-0.05, 0) is 32.1 Å². The van der Waals surface area contributed by atoms with Crippen LogP contribution in [0.5, 0.6) is 0 Å². The van der Waals surface area contributed by atoms with Crippen molar-refractivity contribution in [3.8, 4) is 11.3 Å². The quantitative estimate of drug-likeness (QED) is 0.850. The summed E-state index contributed by atoms with van der Waals surface area (Å²) >= 11 is 0. The highest BCUT2D eigenvalue weighted by Gasteiger charge is 2.17. The summed E-state index contributed by atoms with van der Waals surface area (Å²) in [5.74, 6) is 0.395. The van der Waals surface area contributed by atoms with Crippen LogP contribution in [0.25, 0.3) is 11.3 Å². The third-order valence-electron chi connectivity index (χ3n) is 3.97. The van der Waals surface area contributed by atoms with E-state index < -0.39 is 0 Å². The number of carbonyl (C=O) groups is 1. The minimum absolute atomic E-state index is 0.128. The Bertz CT molecular complexity index is 659. The van der Waals surface area contributed by atoms with Gasteiger partial charge >= 0.3 is 0 Å². The van der Waals surface area contributed by atoms with Gasteiger partial charge in [0.1, 0.15) is 5.56 Å². The summed E-state index contributed by atoms with van der Waals surface area (Å²) in [5, 5.41) is 6.73. The van der Waals surface area contributed by atoms with Gasteiger partial charge in [0, 0.05) is 12.1 Å². The molecule has 0 radical (unpaired) electrons. The molecule has 1 amide bonds. The first-order valence-corrected chi connectivity index (χ1v) is 7.81. The van der Waals surface area contributed by atoms with Gasteiger partial charge in [0.2, 0.25) is 0 Å². The molecular formula is C18H20N2O2. The molecule has 0 fully saturated rings. The Hall–Kier alpha value is -2.36. The molecule has 22 heavy (non-hydrogen) atoms. The second-order valence-corrected chi connectivity index (χ2v) is 5.55. The van der Waals surface area contributed by atoms with Crippen LogP contribution in [0.2, 0.25) is 0 Å². The summed E-state index contributed by atoms with van der Waals surface area (Å²) in [5.41, 5.74) is 2.81. The average Bonchev–Trinajstić information content (AvgIpc) is 3.06. The van der Waals surface area contributed by atoms with Crippen molar-refractivity contribution in [3.05, 3.63) is 53.7 Å². The van der Waals surface area contributed by atoms with Crippen LogP contribution in [-0.2, 0) is 0 Å². The van der Waals surface area contributed by atoms with Crippen molar-refractivity contribution < 1.29 is 9.32 Å². The average molecular weight is 296 g/mol. The maximum absolute atomic E-state index is 12.3. The maximum atomic E-state index is 12.3. The molecular weight excluding hydrogens is 276 g/mol. The highest BCUT2D eigenvalue weighted by molar-refractivity contribution is 5.99. The number of allylic oxidation sites excluding steroid dienone is 1. The monoisotopic (exact) mass is 296 g/mol. The number of amides is 1. The third kappa shape index (κ3) is 3.45. The van der Waals surface area contributed by atoms with Crippen LogP contribution in [0.4, 0.5) is 0 Å². The zero-order valence-electron chi connectivity index (χ0n) is 12.5. The number of rotatable bonds is 5. The lowest BCUT2D eigenvalue weighted by atomic mass is 9.97. The van der Waals surface area contributed by atoms with Crippen LogP contribution in [-0.4, -0.2) is 17.6 Å². The highest BCUT2D eigenvalue weighted by Crippen LogP contribution is 2.23. The van der Waals surface area contributed by atoms with Crippen molar-refractivity contribution in [3.63, 3.8) is 0 Å². The van der Waals surface area contributed by atoms with E-state index in [9.17, 15) is 4.79 Å². The van der Waals surface area contributed by atoms with Gasteiger partial charge in [0.25, 0.3) is 5.91 Å². The van der Waals surface area contributed by atoms with Crippen molar-refractivity contribution in [2.24, 2.45) is 0 Å². The van der Waals surface area contributed by atoms with Gasteiger partial charge in [-0.25, -0.2) is 0 Å². The summed E-state index contributed by atoms with van der Waals surface area (Å²) in [6.45, 7) is 0.657. The molecule has 1 aliphatic carbocycles. The predicted octanol–water partition coefficient (Wildman–Crippen LogP) is 3.96. The number of nitrogens with zero attached hydrogens (tertiary/aromatic N) is 1. The largest absolute Gasteiger partial charge is 0.355 e. The minimum atomic E-state index is -0.128. The fourth-order valence-electron chi connectivity index (χ4n) is 2.76. The number of aromatic nitrogens is 1. The van der Waals surface area contributed by atoms with E-state index >= 15 is 0 Å². The summed E-state index contributed by atoms with van der Waals surface area (Å²) in [4.78, 5) is 12.3. The second-order valence-electron chi connectivity index (χ2n) is 5.55. The SMILES string of the molecule is O=C(NCCC1=CCCCC1)c1cnoc1-c1ccccc1. The van der Waals surface area contributed by atoms with E-state index in [4.69, 9.17) is 4.52 Å². The first-order valence-electron chi connectivity index (χ1n) is 7.81. The first kappa shape index (κ1) is 14.6. The van der Waals surface area contributed by atoms with Gasteiger partial charge < -0.3 is 9.84 Å². The molecule has 0 aliphatic heterocycles. The number of hydrogen-bond acceptors (Lipinski definition) is 3. The van der Waals surface area contributed by atoms with E-state index in [1.165, 1.54) is 37.5 Å². The van der Waals surface area contributed by atoms with E-state index in [1.54, 1.807) is 0 Å². The lowest BCUT2D eigenvalue weighted by molar-refractivity contribution is 0.0954. The zero-order valence-corrected chi connectivity index (χ0v) is 12.5. The molecule has 2 aromatic rings. The van der Waals surface area contributed by atoms with E-state index in [2.05, 4.69) is 16.5 Å². The van der Waals surface area contributed by atoms with Crippen molar-refractivity contribution in [2.75, 3.05) is 6.54 Å². The van der Waals surface area contributed by atoms with Gasteiger partial charge in [0.15, 0.2) is 5.76 Å². The summed E-state index contributed by atoms with van der Waals surface area (Å²) in [7, 11) is 0. The van der Waals surface area contributed by atoms with Crippen LogP contribution in [0.3, 0.4) is 0 Å². The molecule has 1 aromatic carbocycles. The van der Waals surface area contributed by atoms with E-state index in [-0.39, 0.29) is 5.91 Å². The van der Waals surface area contributed by atoms with E-state index in [0.29, 0.717) is 17.9 Å². The summed E-state index contributed by atoms with van der Waals surface area (Å²) in [6, 6.07) is 9.57. The number of nitrogens with one attached hydrogen (secondary N) is 1. The standard InChI is InChI=1S/C18H20N2O2/c21-18(19-12-11-14-7-3-1-4-8-14)16-13-20-22-17(16)15-9-5-2-6-10-15/h2,5-7,9-10,13H,1,3-4,8,11-12H2,(H,19,21). The van der Waals surface area contributed by atoms with Crippen LogP contribution in [0.15, 0.2) is 52.7 Å². The number of benzene rings is 1. The number of hydrogen-bond donors (Lipinski definition) is 1. The first-order chi connectivity index (χ1) is 10.8. The number of carbonyl (C=O) groups excluding carboxylic acids is 1. The molecule has 3 rings (SSSR count). The Kier molecular flexibility index (Phi) is 4.68. The van der Waals surface area contributed by atoms with Gasteiger partial charge in [-0.2, -0.15) is 0 Å². The smallest absolute Gasteiger partial charge is 0.256 e. The van der Waals surface area contributed by atoms with E-state index in [0.717, 1.165) is 12.0 Å². The van der Waals surface area contributed by atoms with Crippen molar-refractivity contribution in [1.29, 1.82) is 0 Å². The van der Waals surface area contributed by atoms with Gasteiger partial charge in [0.05, 0.1) is 6.20 Å². The van der Waals surface area contributed by atoms with Crippen LogP contribution < -0.4 is 5.32 Å². The van der Waals surface area contributed by atoms with Crippen LogP contribution in [0.1, 0.15) is 42.5 Å². The fourth-order valence-corrected chi connectivity index (χ4v) is 2.76. The molecule has 4 nitrogen and oxygen atoms in total. The highest BCUT2D eigenvalue weighted by atomic mass is 16.5. The minimum Gasteiger partial charge on any atom is -0.355 e. The van der Waals surface area contributed by atoms with Gasteiger partial charge in [-0.1, -0.05) is 47.1 Å². The lowest BCUT2D eigenvalue weighted by Gasteiger charge is -2.12. The van der Waals surface area contributed by atoms with Gasteiger partial charge in [-0.15, -0.1) is 0 Å². The van der Waals surface area contributed by atoms with Crippen LogP contribution in [0, 0.1) is 0 Å². The van der Waals surface area contributed by atoms with E-state index in [1.807, 2.05) is 30.3 Å². The molecule has 1 aromatic heterocycles. The Morgan fingerprint density at radius 1 is 1.23 bits per heavy atom. The normalized spacial score (nSPS) is 14.5. The van der Waals surface area contributed by atoms with Crippen LogP contribution >= 0.6 is 0 Å². The molecule has 0 atom stereocenters. The molecule has 0 bridgehead atoms. The maximum Gasteiger partial charge on any atom is 0.256 e. The topological polar surface area (TPSA) is 55.1 Å². The Labute approximate surface area is 130 Å². The molecule has 0 unspecified atom stereocenters. The second kappa shape index (κ2) is 7.07. The molecule has 1 heterocycles. The summed E-state index contributed by atoms with van der Waals surface area (Å²) < 4.78 is 5.25. The van der Waals surface area contributed by atoms with Crippen molar-refractivity contribution in [1.82, 2.24) is 10.5 Å². The lowest BCUT2D eigenvalue weighted by Crippen LogP contribution is -2.25. The molecule has 1 aliphatic rings.